The van der Waals surface area contributed by atoms with Gasteiger partial charge in [-0.25, -0.2) is 9.97 Å². The van der Waals surface area contributed by atoms with Gasteiger partial charge in [0.25, 0.3) is 0 Å². The van der Waals surface area contributed by atoms with Gasteiger partial charge in [0.15, 0.2) is 0 Å². The molecule has 0 bridgehead atoms. The minimum Gasteiger partial charge on any atom is -0.370 e. The van der Waals surface area contributed by atoms with Gasteiger partial charge in [0.2, 0.25) is 0 Å². The normalized spacial score (nSPS) is 10.6. The molecule has 0 unspecified atom stereocenters. The van der Waals surface area contributed by atoms with Crippen LogP contribution < -0.4 is 5.32 Å². The lowest BCUT2D eigenvalue weighted by atomic mass is 10.1. The smallest absolute Gasteiger partial charge is 0.130 e. The Morgan fingerprint density at radius 3 is 2.55 bits per heavy atom. The molecule has 1 aromatic carbocycles. The monoisotopic (exact) mass is 287 g/mol. The first-order valence-corrected chi connectivity index (χ1v) is 7.75. The largest absolute Gasteiger partial charge is 0.370 e. The first kappa shape index (κ1) is 14.9. The maximum atomic E-state index is 4.50. The summed E-state index contributed by atoms with van der Waals surface area (Å²) in [6, 6.07) is 8.52. The van der Waals surface area contributed by atoms with E-state index in [1.54, 1.807) is 11.8 Å². The zero-order chi connectivity index (χ0) is 14.5. The number of nitrogens with one attached hydrogen (secondary N) is 1. The van der Waals surface area contributed by atoms with Crippen molar-refractivity contribution in [2.24, 2.45) is 0 Å². The summed E-state index contributed by atoms with van der Waals surface area (Å²) in [7, 11) is 0. The van der Waals surface area contributed by atoms with Crippen LogP contribution in [0.3, 0.4) is 0 Å². The summed E-state index contributed by atoms with van der Waals surface area (Å²) < 4.78 is 0. The predicted octanol–water partition coefficient (Wildman–Crippen LogP) is 4.37. The number of nitrogens with zero attached hydrogens (tertiary/aromatic N) is 2. The Kier molecular flexibility index (Phi) is 5.01. The fraction of sp³-hybridized carbons (Fsp3) is 0.375. The van der Waals surface area contributed by atoms with E-state index in [0.717, 1.165) is 29.6 Å². The molecule has 1 aromatic heterocycles. The average molecular weight is 287 g/mol. The lowest BCUT2D eigenvalue weighted by Gasteiger charge is -2.08. The molecule has 3 nitrogen and oxygen atoms in total. The minimum atomic E-state index is 0.803. The molecule has 0 aliphatic heterocycles. The van der Waals surface area contributed by atoms with Crippen LogP contribution >= 0.6 is 11.8 Å². The van der Waals surface area contributed by atoms with Crippen LogP contribution in [0, 0.1) is 20.8 Å². The molecule has 0 fully saturated rings. The van der Waals surface area contributed by atoms with Crippen LogP contribution in [0.1, 0.15) is 30.3 Å². The Bertz CT molecular complexity index is 596. The van der Waals surface area contributed by atoms with Crippen LogP contribution in [0.2, 0.25) is 0 Å². The Hall–Kier alpha value is -1.55. The molecule has 0 saturated carbocycles. The van der Waals surface area contributed by atoms with Crippen LogP contribution in [-0.4, -0.2) is 16.5 Å². The number of aryl methyl sites for hydroxylation is 3. The molecule has 4 heteroatoms. The Labute approximate surface area is 125 Å². The number of aromatic nitrogens is 2. The van der Waals surface area contributed by atoms with E-state index in [4.69, 9.17) is 0 Å². The second kappa shape index (κ2) is 6.75. The van der Waals surface area contributed by atoms with Gasteiger partial charge < -0.3 is 5.32 Å². The van der Waals surface area contributed by atoms with Gasteiger partial charge in [-0.2, -0.15) is 0 Å². The lowest BCUT2D eigenvalue weighted by molar-refractivity contribution is 0.928. The molecule has 20 heavy (non-hydrogen) atoms. The van der Waals surface area contributed by atoms with Crippen LogP contribution in [-0.2, 0) is 0 Å². The number of benzene rings is 1. The second-order valence-corrected chi connectivity index (χ2v) is 6.01. The fourth-order valence-electron chi connectivity index (χ4n) is 1.83. The van der Waals surface area contributed by atoms with Gasteiger partial charge in [0, 0.05) is 17.5 Å². The third-order valence-corrected chi connectivity index (χ3v) is 3.98. The molecule has 0 aliphatic carbocycles. The molecule has 1 heterocycles. The van der Waals surface area contributed by atoms with Gasteiger partial charge in [-0.05, 0) is 50.5 Å². The van der Waals surface area contributed by atoms with Crippen molar-refractivity contribution in [1.29, 1.82) is 0 Å². The molecule has 0 aliphatic rings. The van der Waals surface area contributed by atoms with Gasteiger partial charge in [0.05, 0.1) is 0 Å². The molecule has 0 atom stereocenters. The first-order chi connectivity index (χ1) is 9.58. The van der Waals surface area contributed by atoms with Crippen molar-refractivity contribution >= 4 is 17.6 Å². The highest BCUT2D eigenvalue weighted by Gasteiger charge is 2.05. The minimum absolute atomic E-state index is 0.803. The summed E-state index contributed by atoms with van der Waals surface area (Å²) in [4.78, 5) is 10.1. The standard InChI is InChI=1S/C16H21N3S/c1-5-8-17-15-10-16(19-13(4)18-15)20-14-7-6-11(2)12(3)9-14/h6-7,9-10H,5,8H2,1-4H3,(H,17,18,19). The molecule has 0 spiro atoms. The third kappa shape index (κ3) is 3.97. The van der Waals surface area contributed by atoms with E-state index in [1.807, 2.05) is 13.0 Å². The Balaban J connectivity index is 2.19. The molecule has 0 amide bonds. The molecular weight excluding hydrogens is 266 g/mol. The molecule has 1 N–H and O–H groups in total. The zero-order valence-corrected chi connectivity index (χ0v) is 13.3. The molecule has 0 radical (unpaired) electrons. The maximum absolute atomic E-state index is 4.50. The van der Waals surface area contributed by atoms with Crippen molar-refractivity contribution in [3.05, 3.63) is 41.2 Å². The Morgan fingerprint density at radius 2 is 1.85 bits per heavy atom. The topological polar surface area (TPSA) is 37.8 Å². The van der Waals surface area contributed by atoms with Gasteiger partial charge in [-0.3, -0.25) is 0 Å². The quantitative estimate of drug-likeness (QED) is 0.828. The van der Waals surface area contributed by atoms with Gasteiger partial charge >= 0.3 is 0 Å². The van der Waals surface area contributed by atoms with Crippen LogP contribution in [0.4, 0.5) is 5.82 Å². The summed E-state index contributed by atoms with van der Waals surface area (Å²) in [5.41, 5.74) is 2.63. The second-order valence-electron chi connectivity index (χ2n) is 4.91. The highest BCUT2D eigenvalue weighted by atomic mass is 32.2. The summed E-state index contributed by atoms with van der Waals surface area (Å²) >= 11 is 1.68. The van der Waals surface area contributed by atoms with Crippen molar-refractivity contribution in [2.75, 3.05) is 11.9 Å². The highest BCUT2D eigenvalue weighted by Crippen LogP contribution is 2.28. The van der Waals surface area contributed by atoms with E-state index < -0.39 is 0 Å². The van der Waals surface area contributed by atoms with Crippen LogP contribution in [0.5, 0.6) is 0 Å². The van der Waals surface area contributed by atoms with E-state index in [9.17, 15) is 0 Å². The summed E-state index contributed by atoms with van der Waals surface area (Å²) in [5, 5.41) is 4.30. The van der Waals surface area contributed by atoms with Crippen LogP contribution in [0.25, 0.3) is 0 Å². The average Bonchev–Trinajstić information content (AvgIpc) is 2.40. The zero-order valence-electron chi connectivity index (χ0n) is 12.5. The van der Waals surface area contributed by atoms with E-state index in [-0.39, 0.29) is 0 Å². The van der Waals surface area contributed by atoms with Crippen molar-refractivity contribution in [3.63, 3.8) is 0 Å². The van der Waals surface area contributed by atoms with Gasteiger partial charge in [0.1, 0.15) is 16.7 Å². The van der Waals surface area contributed by atoms with Crippen LogP contribution in [0.15, 0.2) is 34.2 Å². The maximum Gasteiger partial charge on any atom is 0.130 e. The first-order valence-electron chi connectivity index (χ1n) is 6.93. The summed E-state index contributed by atoms with van der Waals surface area (Å²) in [6.07, 6.45) is 1.09. The summed E-state index contributed by atoms with van der Waals surface area (Å²) in [5.74, 6) is 1.71. The van der Waals surface area contributed by atoms with Gasteiger partial charge in [-0.15, -0.1) is 0 Å². The number of hydrogen-bond acceptors (Lipinski definition) is 4. The van der Waals surface area contributed by atoms with Crippen molar-refractivity contribution in [3.8, 4) is 0 Å². The Morgan fingerprint density at radius 1 is 1.05 bits per heavy atom. The van der Waals surface area contributed by atoms with E-state index in [2.05, 4.69) is 54.3 Å². The highest BCUT2D eigenvalue weighted by molar-refractivity contribution is 7.99. The predicted molar refractivity (Wildman–Crippen MR) is 85.6 cm³/mol. The van der Waals surface area contributed by atoms with E-state index in [1.165, 1.54) is 16.0 Å². The van der Waals surface area contributed by atoms with E-state index in [0.29, 0.717) is 0 Å². The lowest BCUT2D eigenvalue weighted by Crippen LogP contribution is -2.04. The van der Waals surface area contributed by atoms with Crippen molar-refractivity contribution in [2.45, 2.75) is 44.0 Å². The van der Waals surface area contributed by atoms with E-state index >= 15 is 0 Å². The fourth-order valence-corrected chi connectivity index (χ4v) is 2.80. The molecule has 2 rings (SSSR count). The SMILES string of the molecule is CCCNc1cc(Sc2ccc(C)c(C)c2)nc(C)n1. The summed E-state index contributed by atoms with van der Waals surface area (Å²) in [6.45, 7) is 9.28. The van der Waals surface area contributed by atoms with Crippen molar-refractivity contribution in [1.82, 2.24) is 9.97 Å². The molecule has 0 saturated heterocycles. The number of anilines is 1. The molecule has 2 aromatic rings. The van der Waals surface area contributed by atoms with Crippen molar-refractivity contribution < 1.29 is 0 Å². The molecule has 106 valence electrons. The molecular formula is C16H21N3S. The number of hydrogen-bond donors (Lipinski definition) is 1. The van der Waals surface area contributed by atoms with Gasteiger partial charge in [-0.1, -0.05) is 24.8 Å². The number of rotatable bonds is 5. The third-order valence-electron chi connectivity index (χ3n) is 3.07.